The van der Waals surface area contributed by atoms with Gasteiger partial charge in [0.15, 0.2) is 0 Å². The lowest BCUT2D eigenvalue weighted by Crippen LogP contribution is -1.93. The minimum absolute atomic E-state index is 0.000967. The van der Waals surface area contributed by atoms with Crippen LogP contribution in [0.5, 0.6) is 0 Å². The predicted octanol–water partition coefficient (Wildman–Crippen LogP) is 1.64. The Morgan fingerprint density at radius 1 is 1.53 bits per heavy atom. The third kappa shape index (κ3) is 2.79. The smallest absolute Gasteiger partial charge is 0.273 e. The van der Waals surface area contributed by atoms with Gasteiger partial charge in [0, 0.05) is 23.6 Å². The van der Waals surface area contributed by atoms with Gasteiger partial charge in [0.05, 0.1) is 11.5 Å². The number of benzene rings is 1. The van der Waals surface area contributed by atoms with Crippen LogP contribution in [0.15, 0.2) is 18.2 Å². The van der Waals surface area contributed by atoms with Gasteiger partial charge in [-0.2, -0.15) is 0 Å². The number of rotatable bonds is 2. The lowest BCUT2D eigenvalue weighted by molar-refractivity contribution is -0.385. The van der Waals surface area contributed by atoms with E-state index in [2.05, 4.69) is 11.8 Å². The quantitative estimate of drug-likeness (QED) is 0.453. The van der Waals surface area contributed by atoms with Gasteiger partial charge in [0.25, 0.3) is 5.69 Å². The Morgan fingerprint density at radius 3 is 2.87 bits per heavy atom. The van der Waals surface area contributed by atoms with Crippen molar-refractivity contribution < 1.29 is 10.0 Å². The molecule has 4 nitrogen and oxygen atoms in total. The van der Waals surface area contributed by atoms with Gasteiger partial charge in [-0.3, -0.25) is 10.1 Å². The molecule has 0 saturated heterocycles. The lowest BCUT2D eigenvalue weighted by atomic mass is 10.1. The first-order valence-corrected chi connectivity index (χ1v) is 4.50. The molecule has 0 heterocycles. The molecule has 0 fully saturated rings. The summed E-state index contributed by atoms with van der Waals surface area (Å²) < 4.78 is 0. The van der Waals surface area contributed by atoms with E-state index in [4.69, 9.17) is 5.11 Å². The van der Waals surface area contributed by atoms with E-state index in [1.807, 2.05) is 0 Å². The number of aliphatic hydroxyl groups excluding tert-OH is 1. The minimum Gasteiger partial charge on any atom is -0.395 e. The summed E-state index contributed by atoms with van der Waals surface area (Å²) in [6.07, 6.45) is 0.377. The average molecular weight is 205 g/mol. The molecule has 0 aromatic heterocycles. The first-order chi connectivity index (χ1) is 7.16. The highest BCUT2D eigenvalue weighted by Crippen LogP contribution is 2.20. The molecule has 15 heavy (non-hydrogen) atoms. The Morgan fingerprint density at radius 2 is 2.27 bits per heavy atom. The number of nitro groups is 1. The summed E-state index contributed by atoms with van der Waals surface area (Å²) in [6.45, 7) is 1.67. The fourth-order valence-corrected chi connectivity index (χ4v) is 1.17. The lowest BCUT2D eigenvalue weighted by Gasteiger charge is -1.98. The van der Waals surface area contributed by atoms with Crippen molar-refractivity contribution in [1.82, 2.24) is 0 Å². The minimum atomic E-state index is -0.424. The first kappa shape index (κ1) is 11.2. The second-order valence-corrected chi connectivity index (χ2v) is 2.98. The van der Waals surface area contributed by atoms with Crippen LogP contribution in [0.1, 0.15) is 17.5 Å². The highest BCUT2D eigenvalue weighted by molar-refractivity contribution is 5.51. The maximum Gasteiger partial charge on any atom is 0.273 e. The maximum atomic E-state index is 10.6. The summed E-state index contributed by atoms with van der Waals surface area (Å²) in [5.41, 5.74) is 1.27. The fraction of sp³-hybridized carbons (Fsp3) is 0.273. The summed E-state index contributed by atoms with van der Waals surface area (Å²) in [5.74, 6) is 5.53. The van der Waals surface area contributed by atoms with E-state index in [1.54, 1.807) is 19.1 Å². The SMILES string of the molecule is Cc1c(C#CCCO)cccc1[N+](=O)[O-]. The molecular formula is C11H11NO3. The van der Waals surface area contributed by atoms with Gasteiger partial charge in [-0.15, -0.1) is 0 Å². The molecule has 0 aliphatic carbocycles. The average Bonchev–Trinajstić information content (AvgIpc) is 2.20. The molecule has 1 aromatic rings. The molecule has 0 bridgehead atoms. The largest absolute Gasteiger partial charge is 0.395 e. The summed E-state index contributed by atoms with van der Waals surface area (Å²) in [5, 5.41) is 19.2. The van der Waals surface area contributed by atoms with Gasteiger partial charge in [-0.1, -0.05) is 17.9 Å². The Balaban J connectivity index is 3.06. The Bertz CT molecular complexity index is 429. The summed E-state index contributed by atoms with van der Waals surface area (Å²) in [4.78, 5) is 10.2. The van der Waals surface area contributed by atoms with E-state index in [-0.39, 0.29) is 12.3 Å². The maximum absolute atomic E-state index is 10.6. The molecule has 1 N–H and O–H groups in total. The van der Waals surface area contributed by atoms with Crippen LogP contribution in [-0.2, 0) is 0 Å². The number of nitrogens with zero attached hydrogens (tertiary/aromatic N) is 1. The van der Waals surface area contributed by atoms with Crippen molar-refractivity contribution in [3.05, 3.63) is 39.4 Å². The van der Waals surface area contributed by atoms with Crippen LogP contribution in [-0.4, -0.2) is 16.6 Å². The van der Waals surface area contributed by atoms with Gasteiger partial charge < -0.3 is 5.11 Å². The molecule has 78 valence electrons. The van der Waals surface area contributed by atoms with Crippen LogP contribution in [0.2, 0.25) is 0 Å². The number of hydrogen-bond acceptors (Lipinski definition) is 3. The zero-order chi connectivity index (χ0) is 11.3. The molecule has 0 aliphatic heterocycles. The number of nitro benzene ring substituents is 1. The van der Waals surface area contributed by atoms with Gasteiger partial charge in [0.1, 0.15) is 0 Å². The van der Waals surface area contributed by atoms with Crippen LogP contribution < -0.4 is 0 Å². The fourth-order valence-electron chi connectivity index (χ4n) is 1.17. The highest BCUT2D eigenvalue weighted by atomic mass is 16.6. The molecule has 0 spiro atoms. The molecule has 1 rings (SSSR count). The summed E-state index contributed by atoms with van der Waals surface area (Å²) in [6, 6.07) is 4.79. The molecule has 4 heteroatoms. The standard InChI is InChI=1S/C11H11NO3/c1-9-10(5-2-3-8-13)6-4-7-11(9)12(14)15/h4,6-7,13H,3,8H2,1H3. The Hall–Kier alpha value is -1.86. The Kier molecular flexibility index (Phi) is 3.83. The molecule has 1 aromatic carbocycles. The zero-order valence-electron chi connectivity index (χ0n) is 8.36. The third-order valence-electron chi connectivity index (χ3n) is 1.96. The number of hydrogen-bond donors (Lipinski definition) is 1. The molecule has 0 atom stereocenters. The van der Waals surface area contributed by atoms with Crippen LogP contribution in [0.25, 0.3) is 0 Å². The van der Waals surface area contributed by atoms with E-state index in [0.717, 1.165) is 0 Å². The zero-order valence-corrected chi connectivity index (χ0v) is 8.36. The first-order valence-electron chi connectivity index (χ1n) is 4.50. The topological polar surface area (TPSA) is 63.4 Å². The highest BCUT2D eigenvalue weighted by Gasteiger charge is 2.11. The van der Waals surface area contributed by atoms with Gasteiger partial charge in [0.2, 0.25) is 0 Å². The second kappa shape index (κ2) is 5.13. The molecule has 0 amide bonds. The monoisotopic (exact) mass is 205 g/mol. The van der Waals surface area contributed by atoms with E-state index < -0.39 is 4.92 Å². The van der Waals surface area contributed by atoms with Crippen molar-refractivity contribution in [3.8, 4) is 11.8 Å². The van der Waals surface area contributed by atoms with Crippen LogP contribution in [0.4, 0.5) is 5.69 Å². The Labute approximate surface area is 87.7 Å². The van der Waals surface area contributed by atoms with Crippen LogP contribution >= 0.6 is 0 Å². The summed E-state index contributed by atoms with van der Waals surface area (Å²) >= 11 is 0. The van der Waals surface area contributed by atoms with Crippen LogP contribution in [0, 0.1) is 28.9 Å². The van der Waals surface area contributed by atoms with Crippen molar-refractivity contribution in [2.75, 3.05) is 6.61 Å². The van der Waals surface area contributed by atoms with Crippen LogP contribution in [0.3, 0.4) is 0 Å². The molecule has 0 saturated carbocycles. The molecule has 0 radical (unpaired) electrons. The molecular weight excluding hydrogens is 194 g/mol. The number of aliphatic hydroxyl groups is 1. The van der Waals surface area contributed by atoms with Crippen molar-refractivity contribution in [3.63, 3.8) is 0 Å². The van der Waals surface area contributed by atoms with Crippen molar-refractivity contribution in [1.29, 1.82) is 0 Å². The van der Waals surface area contributed by atoms with Crippen molar-refractivity contribution >= 4 is 5.69 Å². The summed E-state index contributed by atoms with van der Waals surface area (Å²) in [7, 11) is 0. The van der Waals surface area contributed by atoms with E-state index in [0.29, 0.717) is 17.5 Å². The normalized spacial score (nSPS) is 9.20. The van der Waals surface area contributed by atoms with E-state index in [9.17, 15) is 10.1 Å². The van der Waals surface area contributed by atoms with Gasteiger partial charge in [-0.25, -0.2) is 0 Å². The molecule has 0 aliphatic rings. The van der Waals surface area contributed by atoms with Gasteiger partial charge >= 0.3 is 0 Å². The van der Waals surface area contributed by atoms with Crippen molar-refractivity contribution in [2.45, 2.75) is 13.3 Å². The predicted molar refractivity (Wildman–Crippen MR) is 56.4 cm³/mol. The van der Waals surface area contributed by atoms with E-state index >= 15 is 0 Å². The van der Waals surface area contributed by atoms with Gasteiger partial charge in [-0.05, 0) is 13.0 Å². The second-order valence-electron chi connectivity index (χ2n) is 2.98. The third-order valence-corrected chi connectivity index (χ3v) is 1.96. The van der Waals surface area contributed by atoms with Crippen molar-refractivity contribution in [2.24, 2.45) is 0 Å². The van der Waals surface area contributed by atoms with E-state index in [1.165, 1.54) is 6.07 Å². The molecule has 0 unspecified atom stereocenters.